The molecule has 0 bridgehead atoms. The highest BCUT2D eigenvalue weighted by atomic mass is 19.1. The Hall–Kier alpha value is -2.14. The number of ketones is 1. The number of allylic oxidation sites excluding steroid dienone is 2. The molecule has 4 nitrogen and oxygen atoms in total. The number of nitrogens with one attached hydrogen (secondary N) is 1. The smallest absolute Gasteiger partial charge is 0.212 e. The highest BCUT2D eigenvalue weighted by Gasteiger charge is 2.30. The van der Waals surface area contributed by atoms with E-state index in [-0.39, 0.29) is 28.4 Å². The van der Waals surface area contributed by atoms with E-state index in [1.54, 1.807) is 12.1 Å². The molecule has 0 heterocycles. The van der Waals surface area contributed by atoms with Crippen LogP contribution in [0.15, 0.2) is 41.7 Å². The lowest BCUT2D eigenvalue weighted by Crippen LogP contribution is -2.31. The van der Waals surface area contributed by atoms with Crippen molar-refractivity contribution in [2.45, 2.75) is 6.54 Å². The Morgan fingerprint density at radius 1 is 1.41 bits per heavy atom. The standard InChI is InChI=1S/C12H12FN3O/c1-6-10(15)11(12(6)17)16-9-4-7(5-14)2-3-8(9)13/h2-4,16H,1,5,14-15H2. The Balaban J connectivity index is 2.31. The van der Waals surface area contributed by atoms with Crippen LogP contribution < -0.4 is 16.8 Å². The van der Waals surface area contributed by atoms with E-state index in [4.69, 9.17) is 11.5 Å². The fourth-order valence-corrected chi connectivity index (χ4v) is 1.54. The third-order valence-electron chi connectivity index (χ3n) is 2.62. The lowest BCUT2D eigenvalue weighted by Gasteiger charge is -2.23. The zero-order chi connectivity index (χ0) is 12.6. The Kier molecular flexibility index (Phi) is 2.69. The van der Waals surface area contributed by atoms with Gasteiger partial charge in [-0.05, 0) is 17.7 Å². The van der Waals surface area contributed by atoms with Crippen molar-refractivity contribution in [3.63, 3.8) is 0 Å². The van der Waals surface area contributed by atoms with Crippen molar-refractivity contribution in [3.05, 3.63) is 53.1 Å². The van der Waals surface area contributed by atoms with Gasteiger partial charge in [-0.1, -0.05) is 12.6 Å². The molecule has 5 heteroatoms. The lowest BCUT2D eigenvalue weighted by atomic mass is 9.93. The molecular weight excluding hydrogens is 221 g/mol. The van der Waals surface area contributed by atoms with Crippen molar-refractivity contribution in [2.75, 3.05) is 5.32 Å². The molecule has 0 fully saturated rings. The van der Waals surface area contributed by atoms with E-state index < -0.39 is 5.82 Å². The Morgan fingerprint density at radius 3 is 2.71 bits per heavy atom. The molecule has 0 saturated heterocycles. The summed E-state index contributed by atoms with van der Waals surface area (Å²) in [7, 11) is 0. The highest BCUT2D eigenvalue weighted by Crippen LogP contribution is 2.27. The summed E-state index contributed by atoms with van der Waals surface area (Å²) >= 11 is 0. The van der Waals surface area contributed by atoms with Crippen molar-refractivity contribution in [1.29, 1.82) is 0 Å². The third-order valence-corrected chi connectivity index (χ3v) is 2.62. The van der Waals surface area contributed by atoms with Crippen molar-refractivity contribution in [1.82, 2.24) is 0 Å². The Labute approximate surface area is 97.8 Å². The molecule has 2 rings (SSSR count). The van der Waals surface area contributed by atoms with Crippen molar-refractivity contribution < 1.29 is 9.18 Å². The summed E-state index contributed by atoms with van der Waals surface area (Å²) in [6.45, 7) is 3.78. The van der Waals surface area contributed by atoms with Gasteiger partial charge in [-0.3, -0.25) is 4.79 Å². The van der Waals surface area contributed by atoms with E-state index in [9.17, 15) is 9.18 Å². The van der Waals surface area contributed by atoms with Gasteiger partial charge >= 0.3 is 0 Å². The second-order valence-corrected chi connectivity index (χ2v) is 3.74. The van der Waals surface area contributed by atoms with Crippen LogP contribution in [0.4, 0.5) is 10.1 Å². The van der Waals surface area contributed by atoms with Crippen LogP contribution in [0.25, 0.3) is 0 Å². The molecule has 0 atom stereocenters. The van der Waals surface area contributed by atoms with Crippen LogP contribution in [0.2, 0.25) is 0 Å². The van der Waals surface area contributed by atoms with Gasteiger partial charge in [0, 0.05) is 12.1 Å². The van der Waals surface area contributed by atoms with Gasteiger partial charge in [0.2, 0.25) is 5.78 Å². The zero-order valence-corrected chi connectivity index (χ0v) is 9.09. The first kappa shape index (κ1) is 11.3. The van der Waals surface area contributed by atoms with E-state index in [0.29, 0.717) is 6.54 Å². The minimum Gasteiger partial charge on any atom is -0.396 e. The fraction of sp³-hybridized carbons (Fsp3) is 0.0833. The molecule has 88 valence electrons. The number of carbonyl (C=O) groups excluding carboxylic acids is 1. The molecular formula is C12H12FN3O. The zero-order valence-electron chi connectivity index (χ0n) is 9.09. The monoisotopic (exact) mass is 233 g/mol. The summed E-state index contributed by atoms with van der Waals surface area (Å²) in [5.41, 5.74) is 12.7. The molecule has 17 heavy (non-hydrogen) atoms. The third kappa shape index (κ3) is 1.81. The predicted molar refractivity (Wildman–Crippen MR) is 63.3 cm³/mol. The minimum absolute atomic E-state index is 0.183. The average molecular weight is 233 g/mol. The summed E-state index contributed by atoms with van der Waals surface area (Å²) in [6, 6.07) is 4.42. The molecule has 5 N–H and O–H groups in total. The Morgan fingerprint density at radius 2 is 2.12 bits per heavy atom. The van der Waals surface area contributed by atoms with Crippen molar-refractivity contribution in [2.24, 2.45) is 11.5 Å². The fourth-order valence-electron chi connectivity index (χ4n) is 1.54. The topological polar surface area (TPSA) is 81.1 Å². The van der Waals surface area contributed by atoms with Gasteiger partial charge in [-0.25, -0.2) is 4.39 Å². The van der Waals surface area contributed by atoms with Gasteiger partial charge in [-0.15, -0.1) is 0 Å². The SMILES string of the molecule is C=C1C(=O)C(Nc2cc(CN)ccc2F)=C1N. The first-order chi connectivity index (χ1) is 8.04. The van der Waals surface area contributed by atoms with Gasteiger partial charge in [0.25, 0.3) is 0 Å². The molecule has 0 aliphatic heterocycles. The molecule has 1 aromatic rings. The summed E-state index contributed by atoms with van der Waals surface area (Å²) in [4.78, 5) is 11.4. The van der Waals surface area contributed by atoms with E-state index in [1.165, 1.54) is 6.07 Å². The molecule has 0 spiro atoms. The molecule has 0 radical (unpaired) electrons. The van der Waals surface area contributed by atoms with Crippen LogP contribution in [0.5, 0.6) is 0 Å². The van der Waals surface area contributed by atoms with Crippen LogP contribution in [0.3, 0.4) is 0 Å². The maximum atomic E-state index is 13.5. The van der Waals surface area contributed by atoms with Gasteiger partial charge in [-0.2, -0.15) is 0 Å². The molecule has 0 amide bonds. The minimum atomic E-state index is -0.465. The van der Waals surface area contributed by atoms with Gasteiger partial charge in [0.15, 0.2) is 0 Å². The van der Waals surface area contributed by atoms with Crippen LogP contribution >= 0.6 is 0 Å². The normalized spacial score (nSPS) is 14.9. The highest BCUT2D eigenvalue weighted by molar-refractivity contribution is 6.20. The number of hydrogen-bond acceptors (Lipinski definition) is 4. The number of anilines is 1. The number of Topliss-reactive ketones (excluding diaryl/α,β-unsaturated/α-hetero) is 1. The van der Waals surface area contributed by atoms with E-state index in [2.05, 4.69) is 11.9 Å². The van der Waals surface area contributed by atoms with Crippen LogP contribution in [-0.2, 0) is 11.3 Å². The summed E-state index contributed by atoms with van der Waals surface area (Å²) in [5, 5.41) is 2.66. The summed E-state index contributed by atoms with van der Waals surface area (Å²) in [6.07, 6.45) is 0. The maximum Gasteiger partial charge on any atom is 0.212 e. The summed E-state index contributed by atoms with van der Waals surface area (Å²) < 4.78 is 13.5. The Bertz CT molecular complexity index is 549. The van der Waals surface area contributed by atoms with Gasteiger partial charge < -0.3 is 16.8 Å². The molecule has 0 saturated carbocycles. The number of benzene rings is 1. The quantitative estimate of drug-likeness (QED) is 0.680. The molecule has 1 aliphatic carbocycles. The van der Waals surface area contributed by atoms with Crippen LogP contribution in [0, 0.1) is 5.82 Å². The number of hydrogen-bond donors (Lipinski definition) is 3. The molecule has 1 aliphatic rings. The van der Waals surface area contributed by atoms with Crippen molar-refractivity contribution >= 4 is 11.5 Å². The van der Waals surface area contributed by atoms with Gasteiger partial charge in [0.1, 0.15) is 11.5 Å². The summed E-state index contributed by atoms with van der Waals surface area (Å²) in [5.74, 6) is -0.757. The first-order valence-corrected chi connectivity index (χ1v) is 5.04. The second-order valence-electron chi connectivity index (χ2n) is 3.74. The predicted octanol–water partition coefficient (Wildman–Crippen LogP) is 1.01. The number of rotatable bonds is 3. The average Bonchev–Trinajstić information content (AvgIpc) is 2.36. The number of carbonyl (C=O) groups is 1. The molecule has 0 aromatic heterocycles. The first-order valence-electron chi connectivity index (χ1n) is 5.04. The van der Waals surface area contributed by atoms with E-state index in [0.717, 1.165) is 5.56 Å². The van der Waals surface area contributed by atoms with Crippen molar-refractivity contribution in [3.8, 4) is 0 Å². The molecule has 0 unspecified atom stereocenters. The molecule has 1 aromatic carbocycles. The second kappa shape index (κ2) is 4.03. The van der Waals surface area contributed by atoms with E-state index in [1.807, 2.05) is 0 Å². The largest absolute Gasteiger partial charge is 0.396 e. The van der Waals surface area contributed by atoms with Crippen LogP contribution in [0.1, 0.15) is 5.56 Å². The van der Waals surface area contributed by atoms with Gasteiger partial charge in [0.05, 0.1) is 11.4 Å². The number of halogens is 1. The lowest BCUT2D eigenvalue weighted by molar-refractivity contribution is -0.113. The maximum absolute atomic E-state index is 13.5. The van der Waals surface area contributed by atoms with E-state index >= 15 is 0 Å². The van der Waals surface area contributed by atoms with Crippen LogP contribution in [-0.4, -0.2) is 5.78 Å². The number of nitrogens with two attached hydrogens (primary N) is 2.